The molecule has 0 spiro atoms. The van der Waals surface area contributed by atoms with Crippen LogP contribution in [-0.2, 0) is 0 Å². The Morgan fingerprint density at radius 1 is 1.37 bits per heavy atom. The number of hydrogen-bond acceptors (Lipinski definition) is 4. The number of nitrogens with one attached hydrogen (secondary N) is 1. The molecular formula is C13H10ClIN4. The number of rotatable bonds is 3. The summed E-state index contributed by atoms with van der Waals surface area (Å²) in [4.78, 5) is 8.41. The van der Waals surface area contributed by atoms with Crippen molar-refractivity contribution in [3.05, 3.63) is 38.8 Å². The van der Waals surface area contributed by atoms with Gasteiger partial charge >= 0.3 is 0 Å². The molecular weight excluding hydrogens is 375 g/mol. The van der Waals surface area contributed by atoms with Crippen LogP contribution < -0.4 is 5.32 Å². The van der Waals surface area contributed by atoms with Gasteiger partial charge in [0.05, 0.1) is 10.7 Å². The fourth-order valence-electron chi connectivity index (χ4n) is 1.66. The quantitative estimate of drug-likeness (QED) is 0.647. The molecule has 0 amide bonds. The van der Waals surface area contributed by atoms with Crippen molar-refractivity contribution < 1.29 is 0 Å². The second-order valence-corrected chi connectivity index (χ2v) is 5.11. The first-order valence-electron chi connectivity index (χ1n) is 5.63. The first kappa shape index (κ1) is 14.0. The standard InChI is InChI=1S/C13H10ClIN4/c1-2-17-12-11(8-5-3-4-6-9(8)14)18-10(7-16)19-13(12)15/h3-6,17H,2H2,1H3. The van der Waals surface area contributed by atoms with Crippen molar-refractivity contribution in [3.63, 3.8) is 0 Å². The third-order valence-electron chi connectivity index (χ3n) is 2.45. The van der Waals surface area contributed by atoms with Crippen LogP contribution in [0.1, 0.15) is 12.7 Å². The van der Waals surface area contributed by atoms with Crippen LogP contribution in [0, 0.1) is 15.0 Å². The largest absolute Gasteiger partial charge is 0.381 e. The monoisotopic (exact) mass is 384 g/mol. The van der Waals surface area contributed by atoms with Gasteiger partial charge in [-0.25, -0.2) is 9.97 Å². The SMILES string of the molecule is CCNc1c(I)nc(C#N)nc1-c1ccccc1Cl. The van der Waals surface area contributed by atoms with Gasteiger partial charge < -0.3 is 5.32 Å². The van der Waals surface area contributed by atoms with Crippen molar-refractivity contribution in [1.82, 2.24) is 9.97 Å². The number of aromatic nitrogens is 2. The molecule has 96 valence electrons. The number of halogens is 2. The minimum absolute atomic E-state index is 0.140. The fourth-order valence-corrected chi connectivity index (χ4v) is 2.56. The minimum atomic E-state index is 0.140. The molecule has 2 rings (SSSR count). The molecule has 1 aromatic heterocycles. The Balaban J connectivity index is 2.70. The van der Waals surface area contributed by atoms with Crippen molar-refractivity contribution >= 4 is 39.9 Å². The summed E-state index contributed by atoms with van der Waals surface area (Å²) in [6, 6.07) is 9.39. The number of anilines is 1. The Hall–Kier alpha value is -1.39. The lowest BCUT2D eigenvalue weighted by Crippen LogP contribution is -2.06. The maximum atomic E-state index is 8.99. The Kier molecular flexibility index (Phi) is 4.56. The topological polar surface area (TPSA) is 61.6 Å². The van der Waals surface area contributed by atoms with E-state index in [2.05, 4.69) is 37.9 Å². The van der Waals surface area contributed by atoms with Crippen molar-refractivity contribution in [2.24, 2.45) is 0 Å². The Morgan fingerprint density at radius 3 is 2.74 bits per heavy atom. The summed E-state index contributed by atoms with van der Waals surface area (Å²) in [7, 11) is 0. The van der Waals surface area contributed by atoms with Crippen LogP contribution in [0.2, 0.25) is 5.02 Å². The molecule has 1 N–H and O–H groups in total. The van der Waals surface area contributed by atoms with E-state index in [-0.39, 0.29) is 5.82 Å². The van der Waals surface area contributed by atoms with E-state index in [4.69, 9.17) is 16.9 Å². The summed E-state index contributed by atoms with van der Waals surface area (Å²) in [5.41, 5.74) is 2.25. The summed E-state index contributed by atoms with van der Waals surface area (Å²) in [6.45, 7) is 2.73. The fraction of sp³-hybridized carbons (Fsp3) is 0.154. The van der Waals surface area contributed by atoms with E-state index in [9.17, 15) is 0 Å². The van der Waals surface area contributed by atoms with E-state index in [1.54, 1.807) is 6.07 Å². The third kappa shape index (κ3) is 2.96. The van der Waals surface area contributed by atoms with Crippen molar-refractivity contribution in [3.8, 4) is 17.3 Å². The van der Waals surface area contributed by atoms with E-state index >= 15 is 0 Å². The smallest absolute Gasteiger partial charge is 0.233 e. The number of hydrogen-bond donors (Lipinski definition) is 1. The molecule has 0 unspecified atom stereocenters. The summed E-state index contributed by atoms with van der Waals surface area (Å²) < 4.78 is 0.709. The van der Waals surface area contributed by atoms with Gasteiger partial charge in [0.15, 0.2) is 0 Å². The molecule has 0 aliphatic carbocycles. The molecule has 2 aromatic rings. The van der Waals surface area contributed by atoms with E-state index < -0.39 is 0 Å². The highest BCUT2D eigenvalue weighted by Gasteiger charge is 2.15. The molecule has 1 heterocycles. The van der Waals surface area contributed by atoms with Gasteiger partial charge in [-0.15, -0.1) is 0 Å². The average molecular weight is 385 g/mol. The molecule has 0 bridgehead atoms. The first-order chi connectivity index (χ1) is 9.17. The van der Waals surface area contributed by atoms with Gasteiger partial charge in [0.25, 0.3) is 0 Å². The van der Waals surface area contributed by atoms with Crippen LogP contribution in [0.15, 0.2) is 24.3 Å². The van der Waals surface area contributed by atoms with Crippen LogP contribution in [0.25, 0.3) is 11.3 Å². The van der Waals surface area contributed by atoms with Gasteiger partial charge in [0.1, 0.15) is 15.5 Å². The lowest BCUT2D eigenvalue weighted by Gasteiger charge is -2.12. The molecule has 4 nitrogen and oxygen atoms in total. The van der Waals surface area contributed by atoms with Crippen LogP contribution >= 0.6 is 34.2 Å². The van der Waals surface area contributed by atoms with Gasteiger partial charge in [-0.2, -0.15) is 5.26 Å². The summed E-state index contributed by atoms with van der Waals surface area (Å²) >= 11 is 8.29. The Labute approximate surface area is 130 Å². The lowest BCUT2D eigenvalue weighted by molar-refractivity contribution is 1.07. The molecule has 0 aliphatic heterocycles. The minimum Gasteiger partial charge on any atom is -0.381 e. The number of nitriles is 1. The number of nitrogens with zero attached hydrogens (tertiary/aromatic N) is 3. The molecule has 0 radical (unpaired) electrons. The molecule has 0 saturated heterocycles. The summed E-state index contributed by atoms with van der Waals surface area (Å²) in [5, 5.41) is 12.8. The Bertz CT molecular complexity index is 652. The second kappa shape index (κ2) is 6.17. The summed E-state index contributed by atoms with van der Waals surface area (Å²) in [6.07, 6.45) is 0. The van der Waals surface area contributed by atoms with Crippen molar-refractivity contribution in [2.45, 2.75) is 6.92 Å². The van der Waals surface area contributed by atoms with Crippen LogP contribution in [0.3, 0.4) is 0 Å². The van der Waals surface area contributed by atoms with Gasteiger partial charge in [-0.05, 0) is 35.6 Å². The van der Waals surface area contributed by atoms with Crippen LogP contribution in [0.5, 0.6) is 0 Å². The lowest BCUT2D eigenvalue weighted by atomic mass is 10.1. The zero-order valence-electron chi connectivity index (χ0n) is 10.1. The Morgan fingerprint density at radius 2 is 2.11 bits per heavy atom. The van der Waals surface area contributed by atoms with Crippen molar-refractivity contribution in [2.75, 3.05) is 11.9 Å². The predicted molar refractivity (Wildman–Crippen MR) is 84.1 cm³/mol. The van der Waals surface area contributed by atoms with Gasteiger partial charge in [0, 0.05) is 12.1 Å². The third-order valence-corrected chi connectivity index (χ3v) is 3.56. The van der Waals surface area contributed by atoms with Crippen LogP contribution in [-0.4, -0.2) is 16.5 Å². The zero-order valence-corrected chi connectivity index (χ0v) is 13.0. The highest BCUT2D eigenvalue weighted by Crippen LogP contribution is 2.33. The highest BCUT2D eigenvalue weighted by atomic mass is 127. The highest BCUT2D eigenvalue weighted by molar-refractivity contribution is 14.1. The maximum absolute atomic E-state index is 8.99. The molecule has 6 heteroatoms. The zero-order chi connectivity index (χ0) is 13.8. The van der Waals surface area contributed by atoms with Gasteiger partial charge in [-0.3, -0.25) is 0 Å². The second-order valence-electron chi connectivity index (χ2n) is 3.68. The number of benzene rings is 1. The molecule has 1 aromatic carbocycles. The molecule has 0 aliphatic rings. The molecule has 0 atom stereocenters. The normalized spacial score (nSPS) is 10.0. The van der Waals surface area contributed by atoms with E-state index in [1.807, 2.05) is 31.2 Å². The van der Waals surface area contributed by atoms with E-state index in [1.165, 1.54) is 0 Å². The van der Waals surface area contributed by atoms with Gasteiger partial charge in [-0.1, -0.05) is 29.8 Å². The van der Waals surface area contributed by atoms with Gasteiger partial charge in [0.2, 0.25) is 5.82 Å². The van der Waals surface area contributed by atoms with Crippen LogP contribution in [0.4, 0.5) is 5.69 Å². The molecule has 0 fully saturated rings. The average Bonchev–Trinajstić information content (AvgIpc) is 2.41. The maximum Gasteiger partial charge on any atom is 0.233 e. The summed E-state index contributed by atoms with van der Waals surface area (Å²) in [5.74, 6) is 0.140. The van der Waals surface area contributed by atoms with E-state index in [0.29, 0.717) is 14.4 Å². The molecule has 19 heavy (non-hydrogen) atoms. The van der Waals surface area contributed by atoms with E-state index in [0.717, 1.165) is 17.8 Å². The predicted octanol–water partition coefficient (Wildman–Crippen LogP) is 3.71. The first-order valence-corrected chi connectivity index (χ1v) is 7.09. The molecule has 0 saturated carbocycles. The van der Waals surface area contributed by atoms with Crippen molar-refractivity contribution in [1.29, 1.82) is 5.26 Å².